The Kier molecular flexibility index (Phi) is 7.50. The minimum Gasteiger partial charge on any atom is -0.399 e. The van der Waals surface area contributed by atoms with Crippen molar-refractivity contribution in [2.45, 2.75) is 70.1 Å². The molecule has 26 heavy (non-hydrogen) atoms. The molecule has 0 saturated heterocycles. The molecule has 0 amide bonds. The van der Waals surface area contributed by atoms with Gasteiger partial charge >= 0.3 is 0 Å². The maximum atomic E-state index is 12.3. The predicted octanol–water partition coefficient (Wildman–Crippen LogP) is 3.07. The molecule has 0 unspecified atom stereocenters. The van der Waals surface area contributed by atoms with Gasteiger partial charge in [-0.1, -0.05) is 12.1 Å². The van der Waals surface area contributed by atoms with E-state index in [1.165, 1.54) is 5.56 Å². The van der Waals surface area contributed by atoms with Gasteiger partial charge in [-0.25, -0.2) is 13.1 Å². The molecule has 2 rings (SSSR count). The zero-order chi connectivity index (χ0) is 19.2. The first kappa shape index (κ1) is 21.2. The maximum absolute atomic E-state index is 12.3. The molecule has 1 aliphatic carbocycles. The van der Waals surface area contributed by atoms with Crippen LogP contribution < -0.4 is 15.8 Å². The van der Waals surface area contributed by atoms with E-state index in [-0.39, 0.29) is 6.04 Å². The van der Waals surface area contributed by atoms with Gasteiger partial charge in [0.05, 0.1) is 4.75 Å². The highest BCUT2D eigenvalue weighted by molar-refractivity contribution is 7.90. The van der Waals surface area contributed by atoms with E-state index in [0.29, 0.717) is 5.92 Å². The molecule has 0 heterocycles. The van der Waals surface area contributed by atoms with Crippen molar-refractivity contribution in [2.75, 3.05) is 18.8 Å². The molecule has 4 N–H and O–H groups in total. The van der Waals surface area contributed by atoms with Crippen LogP contribution in [0.15, 0.2) is 24.3 Å². The lowest BCUT2D eigenvalue weighted by Crippen LogP contribution is -2.46. The highest BCUT2D eigenvalue weighted by Gasteiger charge is 2.32. The Balaban J connectivity index is 1.60. The zero-order valence-electron chi connectivity index (χ0n) is 16.4. The van der Waals surface area contributed by atoms with Crippen molar-refractivity contribution in [2.24, 2.45) is 5.92 Å². The number of rotatable bonds is 8. The van der Waals surface area contributed by atoms with Crippen LogP contribution in [0.1, 0.15) is 58.4 Å². The van der Waals surface area contributed by atoms with E-state index in [4.69, 9.17) is 5.73 Å². The second-order valence-corrected chi connectivity index (χ2v) is 11.0. The first-order valence-corrected chi connectivity index (χ1v) is 11.2. The molecule has 0 aromatic heterocycles. The average molecular weight is 382 g/mol. The van der Waals surface area contributed by atoms with Crippen LogP contribution in [-0.2, 0) is 16.4 Å². The van der Waals surface area contributed by atoms with Crippen molar-refractivity contribution in [1.29, 1.82) is 0 Å². The van der Waals surface area contributed by atoms with Gasteiger partial charge in [0, 0.05) is 11.7 Å². The smallest absolute Gasteiger partial charge is 0.216 e. The van der Waals surface area contributed by atoms with Gasteiger partial charge in [0.1, 0.15) is 0 Å². The van der Waals surface area contributed by atoms with Crippen LogP contribution in [-0.4, -0.2) is 32.3 Å². The van der Waals surface area contributed by atoms with Gasteiger partial charge < -0.3 is 11.1 Å². The van der Waals surface area contributed by atoms with Crippen molar-refractivity contribution in [3.8, 4) is 0 Å². The number of hydrogen-bond donors (Lipinski definition) is 3. The molecule has 0 bridgehead atoms. The number of anilines is 1. The number of sulfonamides is 1. The SMILES string of the molecule is CC(C)(C)S(=O)(=O)NC1CCC(CNCCCc2cccc(N)c2)CC1. The summed E-state index contributed by atoms with van der Waals surface area (Å²) in [7, 11) is -3.24. The van der Waals surface area contributed by atoms with Crippen LogP contribution in [0.2, 0.25) is 0 Å². The summed E-state index contributed by atoms with van der Waals surface area (Å²) in [5.74, 6) is 0.651. The summed E-state index contributed by atoms with van der Waals surface area (Å²) in [5, 5.41) is 3.56. The van der Waals surface area contributed by atoms with E-state index in [1.54, 1.807) is 20.8 Å². The third kappa shape index (κ3) is 6.56. The summed E-state index contributed by atoms with van der Waals surface area (Å²) in [5.41, 5.74) is 7.92. The molecule has 5 nitrogen and oxygen atoms in total. The van der Waals surface area contributed by atoms with Gasteiger partial charge in [-0.15, -0.1) is 0 Å². The Morgan fingerprint density at radius 1 is 1.15 bits per heavy atom. The van der Waals surface area contributed by atoms with Crippen molar-refractivity contribution in [3.63, 3.8) is 0 Å². The zero-order valence-corrected chi connectivity index (χ0v) is 17.2. The summed E-state index contributed by atoms with van der Waals surface area (Å²) < 4.78 is 26.7. The van der Waals surface area contributed by atoms with Crippen LogP contribution >= 0.6 is 0 Å². The molecule has 148 valence electrons. The van der Waals surface area contributed by atoms with Crippen molar-refractivity contribution >= 4 is 15.7 Å². The van der Waals surface area contributed by atoms with Crippen LogP contribution in [0.4, 0.5) is 5.69 Å². The number of nitrogens with two attached hydrogens (primary N) is 1. The number of aryl methyl sites for hydroxylation is 1. The van der Waals surface area contributed by atoms with Gasteiger partial charge in [-0.3, -0.25) is 0 Å². The lowest BCUT2D eigenvalue weighted by atomic mass is 9.86. The predicted molar refractivity (Wildman–Crippen MR) is 110 cm³/mol. The van der Waals surface area contributed by atoms with E-state index in [0.717, 1.165) is 57.3 Å². The molecular weight excluding hydrogens is 346 g/mol. The van der Waals surface area contributed by atoms with Gasteiger partial charge in [-0.05, 0) is 96.0 Å². The lowest BCUT2D eigenvalue weighted by Gasteiger charge is -2.31. The van der Waals surface area contributed by atoms with Crippen LogP contribution in [0, 0.1) is 5.92 Å². The van der Waals surface area contributed by atoms with E-state index < -0.39 is 14.8 Å². The second-order valence-electron chi connectivity index (χ2n) is 8.50. The molecule has 0 spiro atoms. The summed E-state index contributed by atoms with van der Waals surface area (Å²) in [4.78, 5) is 0. The van der Waals surface area contributed by atoms with Gasteiger partial charge in [0.2, 0.25) is 10.0 Å². The summed E-state index contributed by atoms with van der Waals surface area (Å²) in [6.45, 7) is 7.26. The topological polar surface area (TPSA) is 84.2 Å². The minimum absolute atomic E-state index is 0.0963. The molecule has 0 radical (unpaired) electrons. The molecule has 1 fully saturated rings. The average Bonchev–Trinajstić information content (AvgIpc) is 2.55. The Labute approximate surface area is 159 Å². The van der Waals surface area contributed by atoms with E-state index in [2.05, 4.69) is 16.1 Å². The monoisotopic (exact) mass is 381 g/mol. The maximum Gasteiger partial charge on any atom is 0.216 e. The molecule has 1 saturated carbocycles. The number of benzene rings is 1. The highest BCUT2D eigenvalue weighted by atomic mass is 32.2. The number of nitrogen functional groups attached to an aromatic ring is 1. The largest absolute Gasteiger partial charge is 0.399 e. The Morgan fingerprint density at radius 2 is 1.85 bits per heavy atom. The van der Waals surface area contributed by atoms with Gasteiger partial charge in [0.25, 0.3) is 0 Å². The first-order chi connectivity index (χ1) is 12.2. The van der Waals surface area contributed by atoms with Crippen molar-refractivity contribution in [1.82, 2.24) is 10.0 Å². The first-order valence-electron chi connectivity index (χ1n) is 9.74. The molecular formula is C20H35N3O2S. The molecule has 1 aliphatic rings. The summed E-state index contributed by atoms with van der Waals surface area (Å²) >= 11 is 0. The molecule has 0 aliphatic heterocycles. The number of hydrogen-bond acceptors (Lipinski definition) is 4. The van der Waals surface area contributed by atoms with Crippen LogP contribution in [0.3, 0.4) is 0 Å². The summed E-state index contributed by atoms with van der Waals surface area (Å²) in [6.07, 6.45) is 6.18. The quantitative estimate of drug-likeness (QED) is 0.477. The number of nitrogens with one attached hydrogen (secondary N) is 2. The van der Waals surface area contributed by atoms with Gasteiger partial charge in [-0.2, -0.15) is 0 Å². The lowest BCUT2D eigenvalue weighted by molar-refractivity contribution is 0.302. The fourth-order valence-corrected chi connectivity index (χ4v) is 4.38. The van der Waals surface area contributed by atoms with Gasteiger partial charge in [0.15, 0.2) is 0 Å². The second kappa shape index (κ2) is 9.20. The highest BCUT2D eigenvalue weighted by Crippen LogP contribution is 2.25. The molecule has 6 heteroatoms. The van der Waals surface area contributed by atoms with Crippen molar-refractivity contribution < 1.29 is 8.42 Å². The third-order valence-corrected chi connectivity index (χ3v) is 7.43. The standard InChI is InChI=1S/C20H35N3O2S/c1-20(2,3)26(24,25)23-19-11-9-17(10-12-19)15-22-13-5-7-16-6-4-8-18(21)14-16/h4,6,8,14,17,19,22-23H,5,7,9-13,15,21H2,1-3H3. The summed E-state index contributed by atoms with van der Waals surface area (Å²) in [6, 6.07) is 8.18. The Morgan fingerprint density at radius 3 is 2.46 bits per heavy atom. The van der Waals surface area contributed by atoms with E-state index >= 15 is 0 Å². The van der Waals surface area contributed by atoms with Crippen LogP contribution in [0.25, 0.3) is 0 Å². The molecule has 1 aromatic rings. The Hall–Kier alpha value is -1.11. The van der Waals surface area contributed by atoms with Crippen molar-refractivity contribution in [3.05, 3.63) is 29.8 Å². The minimum atomic E-state index is -3.24. The van der Waals surface area contributed by atoms with Crippen LogP contribution in [0.5, 0.6) is 0 Å². The fourth-order valence-electron chi connectivity index (χ4n) is 3.35. The van der Waals surface area contributed by atoms with E-state index in [9.17, 15) is 8.42 Å². The normalized spacial score (nSPS) is 21.7. The Bertz CT molecular complexity index is 660. The molecule has 0 atom stereocenters. The molecule has 1 aromatic carbocycles. The third-order valence-electron chi connectivity index (χ3n) is 5.18. The van der Waals surface area contributed by atoms with E-state index in [1.807, 2.05) is 18.2 Å². The fraction of sp³-hybridized carbons (Fsp3) is 0.700.